The first kappa shape index (κ1) is 12.5. The maximum Gasteiger partial charge on any atom is 0.181 e. The molecule has 0 saturated heterocycles. The number of carbonyl (C=O) groups is 1. The summed E-state index contributed by atoms with van der Waals surface area (Å²) in [5, 5.41) is 8.05. The molecule has 0 unspecified atom stereocenters. The highest BCUT2D eigenvalue weighted by molar-refractivity contribution is 5.93. The van der Waals surface area contributed by atoms with E-state index in [9.17, 15) is 4.79 Å². The predicted molar refractivity (Wildman–Crippen MR) is 70.2 cm³/mol. The molecule has 0 bridgehead atoms. The average molecular weight is 243 g/mol. The number of rotatable bonds is 3. The van der Waals surface area contributed by atoms with Crippen LogP contribution in [0.3, 0.4) is 0 Å². The Morgan fingerprint density at radius 3 is 2.50 bits per heavy atom. The molecule has 0 amide bonds. The summed E-state index contributed by atoms with van der Waals surface area (Å²) in [6.07, 6.45) is 0. The molecule has 0 spiro atoms. The topological polar surface area (TPSA) is 47.8 Å². The van der Waals surface area contributed by atoms with E-state index in [2.05, 4.69) is 30.2 Å². The minimum absolute atomic E-state index is 0.0548. The van der Waals surface area contributed by atoms with Crippen molar-refractivity contribution in [3.63, 3.8) is 0 Å². The van der Waals surface area contributed by atoms with Crippen molar-refractivity contribution >= 4 is 5.78 Å². The van der Waals surface area contributed by atoms with Crippen LogP contribution in [-0.4, -0.2) is 20.8 Å². The van der Waals surface area contributed by atoms with Gasteiger partial charge in [0.15, 0.2) is 11.5 Å². The van der Waals surface area contributed by atoms with Gasteiger partial charge in [-0.3, -0.25) is 4.79 Å². The highest BCUT2D eigenvalue weighted by Gasteiger charge is 2.16. The molecule has 1 aromatic heterocycles. The second kappa shape index (κ2) is 4.72. The van der Waals surface area contributed by atoms with Gasteiger partial charge in [0, 0.05) is 6.92 Å². The molecule has 2 aromatic rings. The Bertz CT molecular complexity index is 584. The summed E-state index contributed by atoms with van der Waals surface area (Å²) >= 11 is 0. The van der Waals surface area contributed by atoms with Crippen molar-refractivity contribution in [1.82, 2.24) is 15.0 Å². The number of nitrogens with zero attached hydrogens (tertiary/aromatic N) is 3. The molecular weight excluding hydrogens is 226 g/mol. The second-order valence-electron chi connectivity index (χ2n) is 4.70. The van der Waals surface area contributed by atoms with E-state index in [1.54, 1.807) is 4.68 Å². The largest absolute Gasteiger partial charge is 0.293 e. The minimum Gasteiger partial charge on any atom is -0.293 e. The van der Waals surface area contributed by atoms with Gasteiger partial charge in [-0.25, -0.2) is 4.68 Å². The van der Waals surface area contributed by atoms with Crippen LogP contribution in [0, 0.1) is 6.92 Å². The number of carbonyl (C=O) groups excluding carboxylic acids is 1. The molecule has 1 heterocycles. The highest BCUT2D eigenvalue weighted by Crippen LogP contribution is 2.23. The number of para-hydroxylation sites is 1. The van der Waals surface area contributed by atoms with Gasteiger partial charge in [-0.15, -0.1) is 5.10 Å². The molecule has 4 heteroatoms. The summed E-state index contributed by atoms with van der Waals surface area (Å²) in [4.78, 5) is 11.4. The lowest BCUT2D eigenvalue weighted by Gasteiger charge is -2.12. The number of Topliss-reactive ketones (excluding diaryl/α,β-unsaturated/α-hetero) is 1. The van der Waals surface area contributed by atoms with E-state index < -0.39 is 0 Å². The molecule has 94 valence electrons. The lowest BCUT2D eigenvalue weighted by atomic mass is 10.0. The molecule has 0 aliphatic heterocycles. The number of ketones is 1. The molecule has 0 saturated carbocycles. The molecule has 4 nitrogen and oxygen atoms in total. The zero-order valence-electron chi connectivity index (χ0n) is 11.1. The smallest absolute Gasteiger partial charge is 0.181 e. The van der Waals surface area contributed by atoms with Crippen molar-refractivity contribution < 1.29 is 4.79 Å². The van der Waals surface area contributed by atoms with E-state index >= 15 is 0 Å². The van der Waals surface area contributed by atoms with Gasteiger partial charge < -0.3 is 0 Å². The highest BCUT2D eigenvalue weighted by atomic mass is 16.1. The Kier molecular flexibility index (Phi) is 3.28. The number of hydrogen-bond acceptors (Lipinski definition) is 3. The van der Waals surface area contributed by atoms with Gasteiger partial charge in [0.1, 0.15) is 0 Å². The normalized spacial score (nSPS) is 10.9. The summed E-state index contributed by atoms with van der Waals surface area (Å²) < 4.78 is 1.74. The van der Waals surface area contributed by atoms with Gasteiger partial charge >= 0.3 is 0 Å². The monoisotopic (exact) mass is 243 g/mol. The minimum atomic E-state index is -0.0548. The summed E-state index contributed by atoms with van der Waals surface area (Å²) in [6, 6.07) is 8.06. The predicted octanol–water partition coefficient (Wildman–Crippen LogP) is 2.90. The quantitative estimate of drug-likeness (QED) is 0.779. The van der Waals surface area contributed by atoms with Crippen molar-refractivity contribution in [2.45, 2.75) is 33.6 Å². The summed E-state index contributed by atoms with van der Waals surface area (Å²) in [5.74, 6) is 0.339. The van der Waals surface area contributed by atoms with E-state index in [1.807, 2.05) is 25.1 Å². The Morgan fingerprint density at radius 1 is 1.28 bits per heavy atom. The van der Waals surface area contributed by atoms with E-state index in [1.165, 1.54) is 12.5 Å². The Labute approximate surface area is 107 Å². The van der Waals surface area contributed by atoms with Gasteiger partial charge in [-0.05, 0) is 24.5 Å². The van der Waals surface area contributed by atoms with Gasteiger partial charge in [0.25, 0.3) is 0 Å². The Morgan fingerprint density at radius 2 is 1.94 bits per heavy atom. The zero-order valence-corrected chi connectivity index (χ0v) is 11.1. The Hall–Kier alpha value is -1.97. The van der Waals surface area contributed by atoms with Gasteiger partial charge in [0.2, 0.25) is 0 Å². The number of benzene rings is 1. The van der Waals surface area contributed by atoms with Crippen LogP contribution in [-0.2, 0) is 0 Å². The maximum atomic E-state index is 11.4. The van der Waals surface area contributed by atoms with Crippen molar-refractivity contribution in [3.05, 3.63) is 41.2 Å². The average Bonchev–Trinajstić information content (AvgIpc) is 2.71. The van der Waals surface area contributed by atoms with Crippen molar-refractivity contribution in [1.29, 1.82) is 0 Å². The van der Waals surface area contributed by atoms with Crippen molar-refractivity contribution in [2.24, 2.45) is 0 Å². The van der Waals surface area contributed by atoms with Crippen LogP contribution in [0.15, 0.2) is 24.3 Å². The maximum absolute atomic E-state index is 11.4. The van der Waals surface area contributed by atoms with Gasteiger partial charge in [-0.2, -0.15) is 0 Å². The SMILES string of the molecule is CC(=O)c1nnn(-c2ccccc2C(C)C)c1C. The molecule has 0 radical (unpaired) electrons. The van der Waals surface area contributed by atoms with Gasteiger partial charge in [0.05, 0.1) is 11.4 Å². The van der Waals surface area contributed by atoms with Crippen molar-refractivity contribution in [3.8, 4) is 5.69 Å². The molecule has 1 aromatic carbocycles. The van der Waals surface area contributed by atoms with Gasteiger partial charge in [-0.1, -0.05) is 37.3 Å². The first-order valence-corrected chi connectivity index (χ1v) is 6.05. The molecule has 18 heavy (non-hydrogen) atoms. The lowest BCUT2D eigenvalue weighted by molar-refractivity contribution is 0.101. The van der Waals surface area contributed by atoms with Crippen LogP contribution in [0.5, 0.6) is 0 Å². The fourth-order valence-electron chi connectivity index (χ4n) is 2.05. The number of hydrogen-bond donors (Lipinski definition) is 0. The summed E-state index contributed by atoms with van der Waals surface area (Å²) in [6.45, 7) is 7.65. The van der Waals surface area contributed by atoms with Crippen LogP contribution >= 0.6 is 0 Å². The fraction of sp³-hybridized carbons (Fsp3) is 0.357. The standard InChI is InChI=1S/C14H17N3O/c1-9(2)12-7-5-6-8-13(12)17-10(3)14(11(4)18)15-16-17/h5-9H,1-4H3. The van der Waals surface area contributed by atoms with E-state index in [4.69, 9.17) is 0 Å². The van der Waals surface area contributed by atoms with Crippen LogP contribution in [0.1, 0.15) is 48.4 Å². The lowest BCUT2D eigenvalue weighted by Crippen LogP contribution is -2.05. The third-order valence-corrected chi connectivity index (χ3v) is 3.02. The molecule has 0 N–H and O–H groups in total. The molecule has 0 atom stereocenters. The third-order valence-electron chi connectivity index (χ3n) is 3.02. The van der Waals surface area contributed by atoms with E-state index in [0.717, 1.165) is 11.4 Å². The van der Waals surface area contributed by atoms with Crippen LogP contribution in [0.25, 0.3) is 5.69 Å². The zero-order chi connectivity index (χ0) is 13.3. The van der Waals surface area contributed by atoms with Crippen LogP contribution in [0.2, 0.25) is 0 Å². The Balaban J connectivity index is 2.59. The van der Waals surface area contributed by atoms with Crippen molar-refractivity contribution in [2.75, 3.05) is 0 Å². The summed E-state index contributed by atoms with van der Waals surface area (Å²) in [7, 11) is 0. The van der Waals surface area contributed by atoms with E-state index in [0.29, 0.717) is 11.6 Å². The molecule has 0 aliphatic rings. The summed E-state index contributed by atoms with van der Waals surface area (Å²) in [5.41, 5.74) is 3.41. The molecule has 0 fully saturated rings. The molecule has 0 aliphatic carbocycles. The van der Waals surface area contributed by atoms with Crippen LogP contribution in [0.4, 0.5) is 0 Å². The molecule has 2 rings (SSSR count). The first-order valence-electron chi connectivity index (χ1n) is 6.05. The first-order chi connectivity index (χ1) is 8.52. The number of aromatic nitrogens is 3. The molecular formula is C14H17N3O. The third kappa shape index (κ3) is 2.06. The fourth-order valence-corrected chi connectivity index (χ4v) is 2.05. The second-order valence-corrected chi connectivity index (χ2v) is 4.70. The van der Waals surface area contributed by atoms with E-state index in [-0.39, 0.29) is 5.78 Å². The van der Waals surface area contributed by atoms with Crippen LogP contribution < -0.4 is 0 Å².